The fourth-order valence-electron chi connectivity index (χ4n) is 1.09. The molecule has 6 heteroatoms. The molecule has 5 nitrogen and oxygen atoms in total. The quantitative estimate of drug-likeness (QED) is 0.764. The SMILES string of the molecule is Cc1nnc(CCc2nnc(C)s2)o1. The molecule has 0 aliphatic carbocycles. The van der Waals surface area contributed by atoms with Gasteiger partial charge in [-0.2, -0.15) is 0 Å². The van der Waals surface area contributed by atoms with E-state index in [2.05, 4.69) is 20.4 Å². The van der Waals surface area contributed by atoms with Crippen molar-refractivity contribution in [2.45, 2.75) is 26.7 Å². The van der Waals surface area contributed by atoms with Crippen molar-refractivity contribution >= 4 is 11.3 Å². The lowest BCUT2D eigenvalue weighted by molar-refractivity contribution is 0.466. The lowest BCUT2D eigenvalue weighted by Crippen LogP contribution is -1.90. The van der Waals surface area contributed by atoms with E-state index in [-0.39, 0.29) is 0 Å². The van der Waals surface area contributed by atoms with Crippen molar-refractivity contribution in [2.24, 2.45) is 0 Å². The second kappa shape index (κ2) is 3.83. The first-order valence-corrected chi connectivity index (χ1v) is 5.13. The summed E-state index contributed by atoms with van der Waals surface area (Å²) in [7, 11) is 0. The van der Waals surface area contributed by atoms with Crippen LogP contribution in [-0.4, -0.2) is 20.4 Å². The Kier molecular flexibility index (Phi) is 2.53. The zero-order valence-electron chi connectivity index (χ0n) is 8.02. The van der Waals surface area contributed by atoms with E-state index in [0.717, 1.165) is 22.9 Å². The highest BCUT2D eigenvalue weighted by Gasteiger charge is 2.05. The Morgan fingerprint density at radius 1 is 1.07 bits per heavy atom. The summed E-state index contributed by atoms with van der Waals surface area (Å²) in [5.41, 5.74) is 0. The van der Waals surface area contributed by atoms with Gasteiger partial charge in [0.05, 0.1) is 0 Å². The number of hydrogen-bond acceptors (Lipinski definition) is 6. The molecule has 2 heterocycles. The molecule has 0 radical (unpaired) electrons. The summed E-state index contributed by atoms with van der Waals surface area (Å²) in [5, 5.41) is 17.6. The summed E-state index contributed by atoms with van der Waals surface area (Å²) in [5.74, 6) is 1.27. The van der Waals surface area contributed by atoms with Crippen LogP contribution >= 0.6 is 11.3 Å². The first-order chi connectivity index (χ1) is 6.74. The fraction of sp³-hybridized carbons (Fsp3) is 0.500. The zero-order chi connectivity index (χ0) is 9.97. The van der Waals surface area contributed by atoms with Gasteiger partial charge in [0.2, 0.25) is 11.8 Å². The lowest BCUT2D eigenvalue weighted by atomic mass is 10.3. The van der Waals surface area contributed by atoms with Gasteiger partial charge in [0.15, 0.2) is 0 Å². The Balaban J connectivity index is 1.94. The van der Waals surface area contributed by atoms with Crippen LogP contribution in [0, 0.1) is 13.8 Å². The van der Waals surface area contributed by atoms with E-state index in [1.807, 2.05) is 6.92 Å². The third-order valence-corrected chi connectivity index (χ3v) is 2.59. The highest BCUT2D eigenvalue weighted by atomic mass is 32.1. The molecular formula is C8H10N4OS. The Morgan fingerprint density at radius 3 is 2.50 bits per heavy atom. The topological polar surface area (TPSA) is 64.7 Å². The maximum absolute atomic E-state index is 5.25. The lowest BCUT2D eigenvalue weighted by Gasteiger charge is -1.89. The monoisotopic (exact) mass is 210 g/mol. The standard InChI is InChI=1S/C8H10N4OS/c1-5-9-11-7(13-5)3-4-8-12-10-6(2)14-8/h3-4H2,1-2H3. The third-order valence-electron chi connectivity index (χ3n) is 1.69. The molecule has 2 aromatic heterocycles. The van der Waals surface area contributed by atoms with Crippen molar-refractivity contribution in [3.8, 4) is 0 Å². The van der Waals surface area contributed by atoms with Crippen LogP contribution in [0.3, 0.4) is 0 Å². The Bertz CT molecular complexity index is 382. The van der Waals surface area contributed by atoms with E-state index in [0.29, 0.717) is 11.8 Å². The van der Waals surface area contributed by atoms with Gasteiger partial charge >= 0.3 is 0 Å². The first kappa shape index (κ1) is 9.26. The van der Waals surface area contributed by atoms with E-state index in [9.17, 15) is 0 Å². The molecule has 2 aromatic rings. The molecule has 74 valence electrons. The molecule has 0 bridgehead atoms. The van der Waals surface area contributed by atoms with E-state index in [1.54, 1.807) is 18.3 Å². The van der Waals surface area contributed by atoms with Crippen molar-refractivity contribution in [3.05, 3.63) is 21.8 Å². The first-order valence-electron chi connectivity index (χ1n) is 4.32. The summed E-state index contributed by atoms with van der Waals surface area (Å²) in [4.78, 5) is 0. The van der Waals surface area contributed by atoms with E-state index >= 15 is 0 Å². The molecule has 0 unspecified atom stereocenters. The third kappa shape index (κ3) is 2.14. The molecule has 0 spiro atoms. The van der Waals surface area contributed by atoms with Gasteiger partial charge in [-0.1, -0.05) is 0 Å². The van der Waals surface area contributed by atoms with Crippen LogP contribution in [-0.2, 0) is 12.8 Å². The van der Waals surface area contributed by atoms with Crippen LogP contribution in [0.1, 0.15) is 21.8 Å². The van der Waals surface area contributed by atoms with E-state index in [1.165, 1.54) is 0 Å². The average Bonchev–Trinajstić information content (AvgIpc) is 2.72. The van der Waals surface area contributed by atoms with Crippen LogP contribution in [0.2, 0.25) is 0 Å². The maximum atomic E-state index is 5.25. The maximum Gasteiger partial charge on any atom is 0.216 e. The molecule has 0 saturated carbocycles. The predicted octanol–water partition coefficient (Wildman–Crippen LogP) is 1.32. The van der Waals surface area contributed by atoms with Crippen LogP contribution in [0.4, 0.5) is 0 Å². The minimum atomic E-state index is 0.605. The van der Waals surface area contributed by atoms with Crippen LogP contribution in [0.5, 0.6) is 0 Å². The molecule has 0 fully saturated rings. The minimum absolute atomic E-state index is 0.605. The Labute approximate surface area is 85.2 Å². The van der Waals surface area contributed by atoms with Gasteiger partial charge in [-0.3, -0.25) is 0 Å². The molecule has 0 aliphatic heterocycles. The molecular weight excluding hydrogens is 200 g/mol. The number of nitrogens with zero attached hydrogens (tertiary/aromatic N) is 4. The van der Waals surface area contributed by atoms with Crippen molar-refractivity contribution in [2.75, 3.05) is 0 Å². The van der Waals surface area contributed by atoms with Crippen LogP contribution in [0.15, 0.2) is 4.42 Å². The zero-order valence-corrected chi connectivity index (χ0v) is 8.84. The summed E-state index contributed by atoms with van der Waals surface area (Å²) < 4.78 is 5.25. The van der Waals surface area contributed by atoms with Crippen molar-refractivity contribution in [3.63, 3.8) is 0 Å². The van der Waals surface area contributed by atoms with Gasteiger partial charge in [0, 0.05) is 19.8 Å². The number of aromatic nitrogens is 4. The minimum Gasteiger partial charge on any atom is -0.426 e. The average molecular weight is 210 g/mol. The van der Waals surface area contributed by atoms with Crippen molar-refractivity contribution < 1.29 is 4.42 Å². The molecule has 0 amide bonds. The number of rotatable bonds is 3. The normalized spacial score (nSPS) is 10.7. The fourth-order valence-corrected chi connectivity index (χ4v) is 1.80. The van der Waals surface area contributed by atoms with E-state index < -0.39 is 0 Å². The predicted molar refractivity (Wildman–Crippen MR) is 51.1 cm³/mol. The highest BCUT2D eigenvalue weighted by molar-refractivity contribution is 7.11. The summed E-state index contributed by atoms with van der Waals surface area (Å²) in [6.07, 6.45) is 1.54. The van der Waals surface area contributed by atoms with Gasteiger partial charge in [-0.25, -0.2) is 0 Å². The molecule has 2 rings (SSSR count). The molecule has 0 aliphatic rings. The van der Waals surface area contributed by atoms with Crippen LogP contribution < -0.4 is 0 Å². The molecule has 0 saturated heterocycles. The van der Waals surface area contributed by atoms with Crippen molar-refractivity contribution in [1.82, 2.24) is 20.4 Å². The Morgan fingerprint density at radius 2 is 1.93 bits per heavy atom. The number of hydrogen-bond donors (Lipinski definition) is 0. The highest BCUT2D eigenvalue weighted by Crippen LogP contribution is 2.11. The second-order valence-electron chi connectivity index (χ2n) is 2.93. The van der Waals surface area contributed by atoms with Gasteiger partial charge in [-0.05, 0) is 6.92 Å². The van der Waals surface area contributed by atoms with Crippen LogP contribution in [0.25, 0.3) is 0 Å². The molecule has 0 N–H and O–H groups in total. The van der Waals surface area contributed by atoms with Gasteiger partial charge in [0.25, 0.3) is 0 Å². The van der Waals surface area contributed by atoms with Gasteiger partial charge in [0.1, 0.15) is 10.0 Å². The smallest absolute Gasteiger partial charge is 0.216 e. The Hall–Kier alpha value is -1.30. The molecule has 0 aromatic carbocycles. The molecule has 0 atom stereocenters. The van der Waals surface area contributed by atoms with E-state index in [4.69, 9.17) is 4.42 Å². The molecule has 14 heavy (non-hydrogen) atoms. The summed E-state index contributed by atoms with van der Waals surface area (Å²) in [6.45, 7) is 3.73. The summed E-state index contributed by atoms with van der Waals surface area (Å²) >= 11 is 1.60. The number of aryl methyl sites for hydroxylation is 4. The second-order valence-corrected chi connectivity index (χ2v) is 4.20. The van der Waals surface area contributed by atoms with Gasteiger partial charge < -0.3 is 4.42 Å². The van der Waals surface area contributed by atoms with Crippen molar-refractivity contribution in [1.29, 1.82) is 0 Å². The summed E-state index contributed by atoms with van der Waals surface area (Å²) in [6, 6.07) is 0. The largest absolute Gasteiger partial charge is 0.426 e. The van der Waals surface area contributed by atoms with Gasteiger partial charge in [-0.15, -0.1) is 31.7 Å².